The van der Waals surface area contributed by atoms with Crippen LogP contribution in [0.2, 0.25) is 6.04 Å². The van der Waals surface area contributed by atoms with Crippen LogP contribution in [0.5, 0.6) is 0 Å². The van der Waals surface area contributed by atoms with Crippen LogP contribution in [-0.2, 0) is 22.8 Å². The van der Waals surface area contributed by atoms with Gasteiger partial charge in [0.05, 0.1) is 6.54 Å². The minimum Gasteiger partial charge on any atom is -0.460 e. The zero-order valence-corrected chi connectivity index (χ0v) is 18.8. The van der Waals surface area contributed by atoms with Gasteiger partial charge in [-0.25, -0.2) is 9.59 Å². The Balaban J connectivity index is 2.57. The highest BCUT2D eigenvalue weighted by atomic mass is 28.4. The number of nitrogens with one attached hydrogen (secondary N) is 1. The van der Waals surface area contributed by atoms with Gasteiger partial charge in [-0.05, 0) is 26.2 Å². The molecule has 0 heterocycles. The van der Waals surface area contributed by atoms with Crippen LogP contribution < -0.4 is 5.32 Å². The molecule has 1 fully saturated rings. The van der Waals surface area contributed by atoms with Gasteiger partial charge in [0.2, 0.25) is 0 Å². The Bertz CT molecular complexity index is 498. The quantitative estimate of drug-likeness (QED) is 0.228. The van der Waals surface area contributed by atoms with Crippen molar-refractivity contribution < 1.29 is 27.6 Å². The average molecular weight is 417 g/mol. The van der Waals surface area contributed by atoms with E-state index in [0.29, 0.717) is 18.2 Å². The van der Waals surface area contributed by atoms with E-state index in [4.69, 9.17) is 18.0 Å². The fraction of sp³-hybridized carbons (Fsp3) is 0.789. The van der Waals surface area contributed by atoms with Gasteiger partial charge in [-0.2, -0.15) is 0 Å². The van der Waals surface area contributed by atoms with E-state index in [9.17, 15) is 9.59 Å². The SMILES string of the molecule is C=C(C)C(=O)OCCNC(=O)N(CCC[Si](OC)(OC)OC)C1CCCCC1. The number of hydrogen-bond donors (Lipinski definition) is 1. The summed E-state index contributed by atoms with van der Waals surface area (Å²) in [4.78, 5) is 26.1. The van der Waals surface area contributed by atoms with E-state index >= 15 is 0 Å². The predicted octanol–water partition coefficient (Wildman–Crippen LogP) is 2.72. The van der Waals surface area contributed by atoms with E-state index in [1.165, 1.54) is 6.42 Å². The highest BCUT2D eigenvalue weighted by Gasteiger charge is 2.37. The Hall–Kier alpha value is -1.42. The Morgan fingerprint density at radius 1 is 1.11 bits per heavy atom. The summed E-state index contributed by atoms with van der Waals surface area (Å²) in [6.07, 6.45) is 6.25. The van der Waals surface area contributed by atoms with Gasteiger partial charge in [0.1, 0.15) is 6.61 Å². The lowest BCUT2D eigenvalue weighted by Crippen LogP contribution is -2.49. The number of nitrogens with zero attached hydrogens (tertiary/aromatic N) is 1. The maximum Gasteiger partial charge on any atom is 0.500 e. The molecule has 0 atom stereocenters. The maximum absolute atomic E-state index is 12.8. The van der Waals surface area contributed by atoms with E-state index in [0.717, 1.165) is 32.1 Å². The molecule has 0 aromatic carbocycles. The lowest BCUT2D eigenvalue weighted by molar-refractivity contribution is -0.138. The van der Waals surface area contributed by atoms with Crippen LogP contribution in [0.15, 0.2) is 12.2 Å². The third-order valence-corrected chi connectivity index (χ3v) is 7.88. The van der Waals surface area contributed by atoms with Crippen molar-refractivity contribution in [2.45, 2.75) is 57.5 Å². The Kier molecular flexibility index (Phi) is 11.4. The maximum atomic E-state index is 12.8. The van der Waals surface area contributed by atoms with Crippen molar-refractivity contribution in [3.63, 3.8) is 0 Å². The number of esters is 1. The van der Waals surface area contributed by atoms with Gasteiger partial charge in [0, 0.05) is 45.5 Å². The summed E-state index contributed by atoms with van der Waals surface area (Å²) in [5.74, 6) is -0.446. The summed E-state index contributed by atoms with van der Waals surface area (Å²) >= 11 is 0. The molecule has 0 radical (unpaired) electrons. The van der Waals surface area contributed by atoms with Crippen LogP contribution in [0.25, 0.3) is 0 Å². The highest BCUT2D eigenvalue weighted by molar-refractivity contribution is 6.60. The second-order valence-corrected chi connectivity index (χ2v) is 10.1. The summed E-state index contributed by atoms with van der Waals surface area (Å²) < 4.78 is 21.4. The van der Waals surface area contributed by atoms with Gasteiger partial charge in [-0.1, -0.05) is 25.8 Å². The highest BCUT2D eigenvalue weighted by Crippen LogP contribution is 2.24. The number of carbonyl (C=O) groups excluding carboxylic acids is 2. The Labute approximate surface area is 169 Å². The fourth-order valence-electron chi connectivity index (χ4n) is 3.39. The fourth-order valence-corrected chi connectivity index (χ4v) is 5.09. The van der Waals surface area contributed by atoms with E-state index < -0.39 is 14.8 Å². The molecule has 0 aromatic heterocycles. The van der Waals surface area contributed by atoms with Crippen molar-refractivity contribution in [2.75, 3.05) is 41.0 Å². The van der Waals surface area contributed by atoms with Crippen LogP contribution >= 0.6 is 0 Å². The molecule has 9 heteroatoms. The first kappa shape index (κ1) is 24.6. The van der Waals surface area contributed by atoms with Gasteiger partial charge in [0.25, 0.3) is 0 Å². The molecule has 0 saturated heterocycles. The lowest BCUT2D eigenvalue weighted by atomic mass is 9.94. The van der Waals surface area contributed by atoms with Crippen LogP contribution in [0.4, 0.5) is 4.79 Å². The van der Waals surface area contributed by atoms with Crippen LogP contribution in [0.3, 0.4) is 0 Å². The van der Waals surface area contributed by atoms with Crippen LogP contribution in [-0.4, -0.2) is 72.8 Å². The number of urea groups is 1. The average Bonchev–Trinajstić information content (AvgIpc) is 2.72. The molecule has 1 aliphatic rings. The first-order chi connectivity index (χ1) is 13.4. The van der Waals surface area contributed by atoms with Gasteiger partial charge in [-0.15, -0.1) is 0 Å². The second-order valence-electron chi connectivity index (χ2n) is 7.03. The number of rotatable bonds is 12. The van der Waals surface area contributed by atoms with Crippen molar-refractivity contribution in [3.05, 3.63) is 12.2 Å². The summed E-state index contributed by atoms with van der Waals surface area (Å²) in [7, 11) is 2.14. The first-order valence-corrected chi connectivity index (χ1v) is 11.8. The zero-order valence-electron chi connectivity index (χ0n) is 17.8. The second kappa shape index (κ2) is 12.9. The zero-order chi connectivity index (χ0) is 21.0. The lowest BCUT2D eigenvalue weighted by Gasteiger charge is -2.35. The topological polar surface area (TPSA) is 86.3 Å². The predicted molar refractivity (Wildman–Crippen MR) is 109 cm³/mol. The largest absolute Gasteiger partial charge is 0.500 e. The van der Waals surface area contributed by atoms with Crippen molar-refractivity contribution in [2.24, 2.45) is 0 Å². The molecule has 1 rings (SSSR count). The van der Waals surface area contributed by atoms with E-state index in [1.54, 1.807) is 28.3 Å². The molecule has 0 aromatic rings. The molecule has 0 spiro atoms. The van der Waals surface area contributed by atoms with E-state index in [2.05, 4.69) is 11.9 Å². The molecule has 1 N–H and O–H groups in total. The van der Waals surface area contributed by atoms with Crippen molar-refractivity contribution >= 4 is 20.8 Å². The van der Waals surface area contributed by atoms with Crippen molar-refractivity contribution in [3.8, 4) is 0 Å². The molecule has 0 aliphatic heterocycles. The monoisotopic (exact) mass is 416 g/mol. The van der Waals surface area contributed by atoms with E-state index in [-0.39, 0.29) is 25.2 Å². The third-order valence-electron chi connectivity index (χ3n) is 5.05. The van der Waals surface area contributed by atoms with Gasteiger partial charge < -0.3 is 28.2 Å². The first-order valence-electron chi connectivity index (χ1n) is 9.91. The molecular formula is C19H36N2O6Si. The number of amides is 2. The van der Waals surface area contributed by atoms with E-state index in [1.807, 2.05) is 4.90 Å². The molecule has 0 unspecified atom stereocenters. The van der Waals surface area contributed by atoms with Crippen molar-refractivity contribution in [1.29, 1.82) is 0 Å². The smallest absolute Gasteiger partial charge is 0.460 e. The summed E-state index contributed by atoms with van der Waals surface area (Å²) in [6.45, 7) is 6.13. The summed E-state index contributed by atoms with van der Waals surface area (Å²) in [6, 6.07) is 0.747. The molecule has 1 saturated carbocycles. The molecule has 0 bridgehead atoms. The molecule has 162 valence electrons. The Morgan fingerprint density at radius 3 is 2.25 bits per heavy atom. The molecule has 1 aliphatic carbocycles. The third kappa shape index (κ3) is 7.90. The number of ether oxygens (including phenoxy) is 1. The molecule has 28 heavy (non-hydrogen) atoms. The van der Waals surface area contributed by atoms with Gasteiger partial charge >= 0.3 is 20.8 Å². The minimum atomic E-state index is -2.65. The standard InChI is InChI=1S/C19H36N2O6Si/c1-16(2)18(22)27-14-12-20-19(23)21(17-10-7-6-8-11-17)13-9-15-28(24-3,25-4)26-5/h17H,1,6-15H2,2-5H3,(H,20,23). The number of hydrogen-bond acceptors (Lipinski definition) is 6. The minimum absolute atomic E-state index is 0.127. The Morgan fingerprint density at radius 2 is 1.71 bits per heavy atom. The van der Waals surface area contributed by atoms with Gasteiger partial charge in [-0.3, -0.25) is 0 Å². The van der Waals surface area contributed by atoms with Gasteiger partial charge in [0.15, 0.2) is 0 Å². The van der Waals surface area contributed by atoms with Crippen LogP contribution in [0.1, 0.15) is 45.4 Å². The normalized spacial score (nSPS) is 15.1. The van der Waals surface area contributed by atoms with Crippen LogP contribution in [0, 0.1) is 0 Å². The van der Waals surface area contributed by atoms with Crippen molar-refractivity contribution in [1.82, 2.24) is 10.2 Å². The molecule has 2 amide bonds. The summed E-state index contributed by atoms with van der Waals surface area (Å²) in [5.41, 5.74) is 0.345. The molecular weight excluding hydrogens is 380 g/mol. The number of carbonyl (C=O) groups is 2. The summed E-state index contributed by atoms with van der Waals surface area (Å²) in [5, 5.41) is 2.86. The molecule has 8 nitrogen and oxygen atoms in total.